The summed E-state index contributed by atoms with van der Waals surface area (Å²) in [6.45, 7) is 5.71. The van der Waals surface area contributed by atoms with E-state index in [-0.39, 0.29) is 39.9 Å². The lowest BCUT2D eigenvalue weighted by Crippen LogP contribution is -2.30. The summed E-state index contributed by atoms with van der Waals surface area (Å²) in [4.78, 5) is 36.4. The average molecular weight is 543 g/mol. The Morgan fingerprint density at radius 1 is 0.538 bits per heavy atom. The molecule has 0 spiro atoms. The maximum Gasteiger partial charge on any atom is 0.310 e. The zero-order valence-electron chi connectivity index (χ0n) is 23.4. The van der Waals surface area contributed by atoms with Crippen molar-refractivity contribution < 1.29 is 28.6 Å². The van der Waals surface area contributed by atoms with Crippen molar-refractivity contribution in [2.24, 2.45) is 0 Å². The summed E-state index contributed by atoms with van der Waals surface area (Å²) >= 11 is 0. The van der Waals surface area contributed by atoms with E-state index in [0.29, 0.717) is 0 Å². The van der Waals surface area contributed by atoms with Gasteiger partial charge in [-0.05, 0) is 45.4 Å². The lowest BCUT2D eigenvalue weighted by molar-refractivity contribution is -0.165. The summed E-state index contributed by atoms with van der Waals surface area (Å²) in [6.07, 6.45) is 31.7. The first kappa shape index (κ1) is 37.7. The number of allylic oxidation sites excluding steroid dienone is 11. The zero-order chi connectivity index (χ0) is 28.1. The molecule has 0 aromatic rings. The Hall–Kier alpha value is -3.41. The molecule has 1 atom stereocenters. The first-order valence-electron chi connectivity index (χ1n) is 13.5. The third-order valence-electron chi connectivity index (χ3n) is 4.81. The van der Waals surface area contributed by atoms with Gasteiger partial charge in [-0.15, -0.1) is 0 Å². The van der Waals surface area contributed by atoms with E-state index in [1.807, 2.05) is 49.5 Å². The summed E-state index contributed by atoms with van der Waals surface area (Å²) < 4.78 is 15.9. The molecular formula is C33H50O6. The Labute approximate surface area is 236 Å². The van der Waals surface area contributed by atoms with Gasteiger partial charge in [0, 0.05) is 0 Å². The molecule has 0 saturated carbocycles. The Balaban J connectivity index is 0. The smallest absolute Gasteiger partial charge is 0.310 e. The van der Waals surface area contributed by atoms with Crippen molar-refractivity contribution in [2.75, 3.05) is 13.2 Å². The minimum atomic E-state index is -0.876. The van der Waals surface area contributed by atoms with E-state index in [1.54, 1.807) is 18.2 Å². The van der Waals surface area contributed by atoms with Crippen molar-refractivity contribution in [3.63, 3.8) is 0 Å². The summed E-state index contributed by atoms with van der Waals surface area (Å²) in [5, 5.41) is 0. The highest BCUT2D eigenvalue weighted by Gasteiger charge is 2.18. The molecule has 0 amide bonds. The summed E-state index contributed by atoms with van der Waals surface area (Å²) in [7, 11) is 0. The van der Waals surface area contributed by atoms with Crippen LogP contribution in [0, 0.1) is 0 Å². The number of rotatable bonds is 21. The molecule has 0 aliphatic heterocycles. The number of carbonyl (C=O) groups excluding carboxylic acids is 3. The van der Waals surface area contributed by atoms with Gasteiger partial charge in [0.2, 0.25) is 0 Å². The fourth-order valence-corrected chi connectivity index (χ4v) is 2.84. The molecule has 0 aromatic carbocycles. The molecule has 0 bridgehead atoms. The molecule has 0 aliphatic rings. The van der Waals surface area contributed by atoms with Crippen LogP contribution in [0.4, 0.5) is 0 Å². The van der Waals surface area contributed by atoms with Crippen molar-refractivity contribution >= 4 is 17.9 Å². The highest BCUT2D eigenvalue weighted by molar-refractivity contribution is 5.73. The van der Waals surface area contributed by atoms with Crippen LogP contribution in [-0.2, 0) is 28.6 Å². The van der Waals surface area contributed by atoms with Crippen LogP contribution in [0.25, 0.3) is 0 Å². The average Bonchev–Trinajstić information content (AvgIpc) is 2.91. The number of hydrogen-bond acceptors (Lipinski definition) is 6. The Bertz CT molecular complexity index is 842. The highest BCUT2D eigenvalue weighted by Crippen LogP contribution is 2.04. The molecule has 0 saturated heterocycles. The molecule has 0 N–H and O–H groups in total. The Morgan fingerprint density at radius 3 is 1.31 bits per heavy atom. The van der Waals surface area contributed by atoms with Crippen LogP contribution in [0.1, 0.15) is 86.0 Å². The van der Waals surface area contributed by atoms with Crippen molar-refractivity contribution in [3.05, 3.63) is 85.1 Å². The topological polar surface area (TPSA) is 78.9 Å². The number of hydrogen-bond donors (Lipinski definition) is 0. The van der Waals surface area contributed by atoms with Crippen molar-refractivity contribution in [2.45, 2.75) is 92.1 Å². The zero-order valence-corrected chi connectivity index (χ0v) is 23.4. The van der Waals surface area contributed by atoms with Gasteiger partial charge in [-0.25, -0.2) is 0 Å². The van der Waals surface area contributed by atoms with Crippen molar-refractivity contribution in [1.82, 2.24) is 0 Å². The monoisotopic (exact) mass is 542 g/mol. The summed E-state index contributed by atoms with van der Waals surface area (Å²) in [5.74, 6) is -1.37. The van der Waals surface area contributed by atoms with E-state index < -0.39 is 24.0 Å². The fourth-order valence-electron chi connectivity index (χ4n) is 2.84. The number of ether oxygens (including phenoxy) is 3. The van der Waals surface area contributed by atoms with E-state index in [0.717, 1.165) is 38.5 Å². The van der Waals surface area contributed by atoms with Crippen LogP contribution >= 0.6 is 0 Å². The quantitative estimate of drug-likeness (QED) is 0.0828. The van der Waals surface area contributed by atoms with Gasteiger partial charge in [0.15, 0.2) is 6.10 Å². The van der Waals surface area contributed by atoms with Gasteiger partial charge in [-0.3, -0.25) is 14.4 Å². The molecule has 6 nitrogen and oxygen atoms in total. The second kappa shape index (κ2) is 29.2. The van der Waals surface area contributed by atoms with Crippen LogP contribution in [0.2, 0.25) is 0 Å². The van der Waals surface area contributed by atoms with Gasteiger partial charge in [0.1, 0.15) is 13.2 Å². The van der Waals surface area contributed by atoms with Crippen LogP contribution in [0.15, 0.2) is 85.1 Å². The molecule has 39 heavy (non-hydrogen) atoms. The fraction of sp³-hybridized carbons (Fsp3) is 0.485. The molecule has 0 fully saturated rings. The minimum Gasteiger partial charge on any atom is -0.461 e. The predicted octanol–water partition coefficient (Wildman–Crippen LogP) is 8.08. The SMILES string of the molecule is C.C/C=C\C/C=C\CC(=O)OCC(COC(=O)C/C=C\C/C=C\C/C=C\CC)OC(=O)C/C=C\C/C=C\CC. The number of esters is 3. The molecule has 1 unspecified atom stereocenters. The van der Waals surface area contributed by atoms with Gasteiger partial charge in [0.05, 0.1) is 19.3 Å². The van der Waals surface area contributed by atoms with Gasteiger partial charge in [-0.2, -0.15) is 0 Å². The van der Waals surface area contributed by atoms with Crippen LogP contribution in [0.5, 0.6) is 0 Å². The van der Waals surface area contributed by atoms with E-state index in [9.17, 15) is 14.4 Å². The van der Waals surface area contributed by atoms with Crippen LogP contribution in [-0.4, -0.2) is 37.2 Å². The van der Waals surface area contributed by atoms with Gasteiger partial charge in [0.25, 0.3) is 0 Å². The van der Waals surface area contributed by atoms with E-state index in [1.165, 1.54) is 0 Å². The normalized spacial score (nSPS) is 12.9. The van der Waals surface area contributed by atoms with Gasteiger partial charge in [-0.1, -0.05) is 106 Å². The first-order valence-corrected chi connectivity index (χ1v) is 13.5. The maximum atomic E-state index is 12.2. The molecule has 0 aliphatic carbocycles. The third-order valence-corrected chi connectivity index (χ3v) is 4.81. The lowest BCUT2D eigenvalue weighted by atomic mass is 10.2. The molecule has 0 rings (SSSR count). The third kappa shape index (κ3) is 27.4. The first-order chi connectivity index (χ1) is 18.5. The molecule has 0 radical (unpaired) electrons. The maximum absolute atomic E-state index is 12.2. The van der Waals surface area contributed by atoms with Crippen LogP contribution < -0.4 is 0 Å². The van der Waals surface area contributed by atoms with E-state index in [4.69, 9.17) is 14.2 Å². The molecule has 0 heterocycles. The van der Waals surface area contributed by atoms with E-state index >= 15 is 0 Å². The lowest BCUT2D eigenvalue weighted by Gasteiger charge is -2.17. The predicted molar refractivity (Wildman–Crippen MR) is 161 cm³/mol. The van der Waals surface area contributed by atoms with E-state index in [2.05, 4.69) is 38.2 Å². The largest absolute Gasteiger partial charge is 0.461 e. The molecule has 0 aromatic heterocycles. The van der Waals surface area contributed by atoms with Crippen LogP contribution in [0.3, 0.4) is 0 Å². The summed E-state index contributed by atoms with van der Waals surface area (Å²) in [5.41, 5.74) is 0. The van der Waals surface area contributed by atoms with Crippen molar-refractivity contribution in [1.29, 1.82) is 0 Å². The summed E-state index contributed by atoms with van der Waals surface area (Å²) in [6, 6.07) is 0. The molecule has 6 heteroatoms. The minimum absolute atomic E-state index is 0. The Kier molecular flexibility index (Phi) is 28.2. The second-order valence-corrected chi connectivity index (χ2v) is 8.25. The van der Waals surface area contributed by atoms with Gasteiger partial charge >= 0.3 is 17.9 Å². The molecular weight excluding hydrogens is 492 g/mol. The second-order valence-electron chi connectivity index (χ2n) is 8.25. The molecule has 218 valence electrons. The Morgan fingerprint density at radius 2 is 0.897 bits per heavy atom. The number of carbonyl (C=O) groups is 3. The van der Waals surface area contributed by atoms with Gasteiger partial charge < -0.3 is 14.2 Å². The standard InChI is InChI=1S/C32H46O6.CH4/c1-4-7-10-13-15-16-17-20-22-25-31(34)37-28-29(27-36-30(33)24-21-18-12-9-6-3)38-32(35)26-23-19-14-11-8-5-2;/h6-11,15-16,18-23,29H,4-5,12-14,17,24-28H2,1-3H3;1H4/b9-6-,10-7-,11-8-,16-15-,21-18-,22-20-,23-19-;. The van der Waals surface area contributed by atoms with Crippen molar-refractivity contribution in [3.8, 4) is 0 Å². The highest BCUT2D eigenvalue weighted by atomic mass is 16.6.